The molecule has 1 aliphatic heterocycles. The van der Waals surface area contributed by atoms with Crippen molar-refractivity contribution in [2.45, 2.75) is 52.7 Å². The molecule has 1 N–H and O–H groups in total. The maximum absolute atomic E-state index is 12.3. The zero-order valence-corrected chi connectivity index (χ0v) is 25.8. The van der Waals surface area contributed by atoms with Gasteiger partial charge in [0.1, 0.15) is 17.4 Å². The van der Waals surface area contributed by atoms with Crippen LogP contribution in [0.5, 0.6) is 0 Å². The van der Waals surface area contributed by atoms with Crippen molar-refractivity contribution in [3.63, 3.8) is 0 Å². The smallest absolute Gasteiger partial charge is 0.410 e. The maximum atomic E-state index is 12.3. The zero-order chi connectivity index (χ0) is 31.8. The summed E-state index contributed by atoms with van der Waals surface area (Å²) in [4.78, 5) is 36.3. The summed E-state index contributed by atoms with van der Waals surface area (Å²) in [6.07, 6.45) is 5.11. The number of nitro groups is 1. The minimum Gasteiger partial charge on any atom is -0.444 e. The monoisotopic (exact) mass is 596 g/mol. The molecule has 2 aromatic heterocycles. The summed E-state index contributed by atoms with van der Waals surface area (Å²) in [6, 6.07) is 11.6. The quantitative estimate of drug-likeness (QED) is 0.186. The number of nitriles is 1. The summed E-state index contributed by atoms with van der Waals surface area (Å²) in [6.45, 7) is 8.78. The van der Waals surface area contributed by atoms with Crippen LogP contribution in [0.15, 0.2) is 42.7 Å². The fraction of sp³-hybridized carbons (Fsp3) is 0.375. The Kier molecular flexibility index (Phi) is 8.15. The molecular formula is C32H36N8O4. The number of benzene rings is 2. The van der Waals surface area contributed by atoms with Crippen molar-refractivity contribution in [1.82, 2.24) is 19.4 Å². The molecule has 0 unspecified atom stereocenters. The minimum absolute atomic E-state index is 0.108. The number of hydrogen-bond donors (Lipinski definition) is 1. The van der Waals surface area contributed by atoms with Gasteiger partial charge in [-0.1, -0.05) is 18.2 Å². The SMILES string of the molecule is Cc1cc(N(C)CCN(C)C(=O)OC(C)(C)C)c([N+](=O)[O-])cc1Nc1ncc(C#N)c(-c2cn3c4c(cccc24)CCC3)n1. The molecule has 0 saturated carbocycles. The maximum Gasteiger partial charge on any atom is 0.410 e. The summed E-state index contributed by atoms with van der Waals surface area (Å²) in [5, 5.41) is 26.2. The minimum atomic E-state index is -0.620. The van der Waals surface area contributed by atoms with Crippen molar-refractivity contribution in [2.75, 3.05) is 37.4 Å². The first kappa shape index (κ1) is 30.3. The second-order valence-corrected chi connectivity index (χ2v) is 12.1. The van der Waals surface area contributed by atoms with Crippen LogP contribution in [0, 0.1) is 28.4 Å². The average Bonchev–Trinajstić information content (AvgIpc) is 3.35. The van der Waals surface area contributed by atoms with Crippen LogP contribution < -0.4 is 10.2 Å². The summed E-state index contributed by atoms with van der Waals surface area (Å²) in [5.41, 5.74) is 5.02. The molecule has 0 atom stereocenters. The third kappa shape index (κ3) is 6.13. The molecule has 3 heterocycles. The molecule has 0 aliphatic carbocycles. The van der Waals surface area contributed by atoms with Crippen LogP contribution in [-0.2, 0) is 17.7 Å². The fourth-order valence-electron chi connectivity index (χ4n) is 5.41. The number of anilines is 3. The van der Waals surface area contributed by atoms with E-state index in [-0.39, 0.29) is 11.6 Å². The van der Waals surface area contributed by atoms with E-state index in [0.717, 1.165) is 41.4 Å². The van der Waals surface area contributed by atoms with Crippen LogP contribution >= 0.6 is 0 Å². The van der Waals surface area contributed by atoms with E-state index in [2.05, 4.69) is 27.0 Å². The Labute approximate surface area is 256 Å². The molecular weight excluding hydrogens is 560 g/mol. The van der Waals surface area contributed by atoms with Crippen molar-refractivity contribution < 1.29 is 14.5 Å². The Hall–Kier alpha value is -5.18. The summed E-state index contributed by atoms with van der Waals surface area (Å²) < 4.78 is 7.62. The molecule has 0 saturated heterocycles. The molecule has 44 heavy (non-hydrogen) atoms. The standard InChI is InChI=1S/C32H36N8O4/c1-20-15-26(37(5)13-14-38(6)31(41)44-32(2,3)4)27(40(42)43)16-25(20)35-30-34-18-22(17-33)28(36-30)24-19-39-12-8-10-21-9-7-11-23(24)29(21)39/h7,9,11,15-16,18-19H,8,10,12-14H2,1-6H3,(H,34,35,36). The molecule has 0 fully saturated rings. The number of nitrogens with zero attached hydrogens (tertiary/aromatic N) is 7. The number of amides is 1. The lowest BCUT2D eigenvalue weighted by atomic mass is 10.0. The van der Waals surface area contributed by atoms with Gasteiger partial charge in [-0.05, 0) is 57.7 Å². The molecule has 1 aliphatic rings. The first-order chi connectivity index (χ1) is 20.9. The molecule has 1 amide bonds. The van der Waals surface area contributed by atoms with Crippen molar-refractivity contribution in [3.8, 4) is 17.3 Å². The molecule has 0 bridgehead atoms. The van der Waals surface area contributed by atoms with Gasteiger partial charge in [0.2, 0.25) is 5.95 Å². The Balaban J connectivity index is 1.42. The summed E-state index contributed by atoms with van der Waals surface area (Å²) >= 11 is 0. The van der Waals surface area contributed by atoms with Gasteiger partial charge in [0.15, 0.2) is 0 Å². The van der Waals surface area contributed by atoms with E-state index in [4.69, 9.17) is 9.72 Å². The van der Waals surface area contributed by atoms with Gasteiger partial charge >= 0.3 is 6.09 Å². The Morgan fingerprint density at radius 3 is 2.73 bits per heavy atom. The lowest BCUT2D eigenvalue weighted by Crippen LogP contribution is -2.38. The lowest BCUT2D eigenvalue weighted by molar-refractivity contribution is -0.384. The fourth-order valence-corrected chi connectivity index (χ4v) is 5.41. The first-order valence-corrected chi connectivity index (χ1v) is 14.5. The van der Waals surface area contributed by atoms with Crippen LogP contribution in [-0.4, -0.2) is 63.2 Å². The number of carbonyl (C=O) groups is 1. The second kappa shape index (κ2) is 11.8. The number of aryl methyl sites for hydroxylation is 3. The summed E-state index contributed by atoms with van der Waals surface area (Å²) in [7, 11) is 3.37. The topological polar surface area (TPSA) is 142 Å². The predicted octanol–water partition coefficient (Wildman–Crippen LogP) is 6.18. The third-order valence-electron chi connectivity index (χ3n) is 7.64. The van der Waals surface area contributed by atoms with E-state index in [1.54, 1.807) is 45.8 Å². The zero-order valence-electron chi connectivity index (χ0n) is 25.8. The van der Waals surface area contributed by atoms with E-state index in [0.29, 0.717) is 35.7 Å². The van der Waals surface area contributed by atoms with Crippen molar-refractivity contribution in [1.29, 1.82) is 5.26 Å². The van der Waals surface area contributed by atoms with E-state index in [1.807, 2.05) is 25.3 Å². The van der Waals surface area contributed by atoms with Crippen LogP contribution in [0.4, 0.5) is 27.8 Å². The van der Waals surface area contributed by atoms with E-state index >= 15 is 0 Å². The number of aromatic nitrogens is 3. The molecule has 4 aromatic rings. The third-order valence-corrected chi connectivity index (χ3v) is 7.64. The predicted molar refractivity (Wildman–Crippen MR) is 169 cm³/mol. The molecule has 12 heteroatoms. The van der Waals surface area contributed by atoms with Gasteiger partial charge in [0, 0.05) is 56.9 Å². The van der Waals surface area contributed by atoms with E-state index < -0.39 is 16.6 Å². The molecule has 2 aromatic carbocycles. The number of likely N-dealkylation sites (N-methyl/N-ethyl adjacent to an activating group) is 2. The van der Waals surface area contributed by atoms with Crippen molar-refractivity contribution in [3.05, 3.63) is 69.5 Å². The highest BCUT2D eigenvalue weighted by atomic mass is 16.6. The van der Waals surface area contributed by atoms with Crippen molar-refractivity contribution in [2.24, 2.45) is 0 Å². The normalized spacial score (nSPS) is 12.5. The largest absolute Gasteiger partial charge is 0.444 e. The van der Waals surface area contributed by atoms with Crippen LogP contribution in [0.2, 0.25) is 0 Å². The molecule has 0 radical (unpaired) electrons. The van der Waals surface area contributed by atoms with Gasteiger partial charge in [0.25, 0.3) is 5.69 Å². The highest BCUT2D eigenvalue weighted by Crippen LogP contribution is 2.37. The highest BCUT2D eigenvalue weighted by Gasteiger charge is 2.24. The van der Waals surface area contributed by atoms with Gasteiger partial charge < -0.3 is 24.4 Å². The highest BCUT2D eigenvalue weighted by molar-refractivity contribution is 5.98. The number of para-hydroxylation sites is 1. The van der Waals surface area contributed by atoms with Gasteiger partial charge in [-0.25, -0.2) is 14.8 Å². The van der Waals surface area contributed by atoms with Gasteiger partial charge in [-0.15, -0.1) is 0 Å². The van der Waals surface area contributed by atoms with E-state index in [9.17, 15) is 20.2 Å². The molecule has 0 spiro atoms. The Morgan fingerprint density at radius 1 is 1.25 bits per heavy atom. The first-order valence-electron chi connectivity index (χ1n) is 14.5. The molecule has 12 nitrogen and oxygen atoms in total. The van der Waals surface area contributed by atoms with Crippen LogP contribution in [0.3, 0.4) is 0 Å². The van der Waals surface area contributed by atoms with Crippen molar-refractivity contribution >= 4 is 40.0 Å². The number of nitro benzene ring substituents is 1. The van der Waals surface area contributed by atoms with Gasteiger partial charge in [0.05, 0.1) is 33.6 Å². The Bertz CT molecular complexity index is 1800. The van der Waals surface area contributed by atoms with Gasteiger partial charge in [-0.3, -0.25) is 10.1 Å². The second-order valence-electron chi connectivity index (χ2n) is 12.1. The summed E-state index contributed by atoms with van der Waals surface area (Å²) in [5.74, 6) is 0.225. The number of nitrogens with one attached hydrogen (secondary N) is 1. The Morgan fingerprint density at radius 2 is 2.02 bits per heavy atom. The number of hydrogen-bond acceptors (Lipinski definition) is 9. The average molecular weight is 597 g/mol. The number of rotatable bonds is 8. The molecule has 5 rings (SSSR count). The van der Waals surface area contributed by atoms with Crippen LogP contribution in [0.1, 0.15) is 43.9 Å². The molecule has 228 valence electrons. The lowest BCUT2D eigenvalue weighted by Gasteiger charge is -2.27. The van der Waals surface area contributed by atoms with Gasteiger partial charge in [-0.2, -0.15) is 5.26 Å². The number of ether oxygens (including phenoxy) is 1. The van der Waals surface area contributed by atoms with E-state index in [1.165, 1.54) is 22.7 Å². The van der Waals surface area contributed by atoms with Crippen LogP contribution in [0.25, 0.3) is 22.2 Å². The number of carbonyl (C=O) groups excluding carboxylic acids is 1.